The lowest BCUT2D eigenvalue weighted by atomic mass is 9.58. The van der Waals surface area contributed by atoms with E-state index < -0.39 is 0 Å². The zero-order valence-electron chi connectivity index (χ0n) is 15.1. The van der Waals surface area contributed by atoms with E-state index in [-0.39, 0.29) is 5.91 Å². The molecule has 1 amide bonds. The van der Waals surface area contributed by atoms with Gasteiger partial charge in [-0.1, -0.05) is 0 Å². The van der Waals surface area contributed by atoms with E-state index in [1.54, 1.807) is 6.26 Å². The fraction of sp³-hybridized carbons (Fsp3) is 0.550. The van der Waals surface area contributed by atoms with Crippen molar-refractivity contribution < 1.29 is 9.21 Å². The number of hydrogen-bond acceptors (Lipinski definition) is 3. The fourth-order valence-electron chi connectivity index (χ4n) is 4.71. The molecule has 1 saturated heterocycles. The van der Waals surface area contributed by atoms with Crippen molar-refractivity contribution in [2.75, 3.05) is 20.1 Å². The maximum absolute atomic E-state index is 12.7. The number of carbonyl (C=O) groups is 1. The van der Waals surface area contributed by atoms with Crippen molar-refractivity contribution in [2.45, 2.75) is 38.3 Å². The summed E-state index contributed by atoms with van der Waals surface area (Å²) in [5, 5.41) is 0. The van der Waals surface area contributed by atoms with E-state index in [0.29, 0.717) is 11.5 Å². The second-order valence-electron chi connectivity index (χ2n) is 7.71. The van der Waals surface area contributed by atoms with E-state index in [0.717, 1.165) is 43.9 Å². The zero-order chi connectivity index (χ0) is 17.4. The summed E-state index contributed by atoms with van der Waals surface area (Å²) >= 11 is 0. The Morgan fingerprint density at radius 3 is 2.64 bits per heavy atom. The molecule has 4 rings (SSSR count). The first-order valence-corrected chi connectivity index (χ1v) is 9.22. The number of piperidine rings is 1. The average Bonchev–Trinajstić information content (AvgIpc) is 3.25. The van der Waals surface area contributed by atoms with E-state index in [1.807, 2.05) is 47.0 Å². The highest BCUT2D eigenvalue weighted by molar-refractivity contribution is 5.92. The molecule has 5 nitrogen and oxygen atoms in total. The summed E-state index contributed by atoms with van der Waals surface area (Å²) in [5.41, 5.74) is 1.17. The third-order valence-electron chi connectivity index (χ3n) is 6.35. The van der Waals surface area contributed by atoms with Crippen LogP contribution < -0.4 is 0 Å². The lowest BCUT2D eigenvalue weighted by Gasteiger charge is -2.56. The third-order valence-corrected chi connectivity index (χ3v) is 6.35. The molecular weight excluding hydrogens is 314 g/mol. The number of aromatic nitrogens is 1. The van der Waals surface area contributed by atoms with Gasteiger partial charge in [-0.3, -0.25) is 9.69 Å². The molecule has 25 heavy (non-hydrogen) atoms. The summed E-state index contributed by atoms with van der Waals surface area (Å²) in [4.78, 5) is 17.2. The van der Waals surface area contributed by atoms with E-state index in [2.05, 4.69) is 11.9 Å². The first kappa shape index (κ1) is 16.5. The molecule has 0 aromatic carbocycles. The quantitative estimate of drug-likeness (QED) is 0.858. The highest BCUT2D eigenvalue weighted by Crippen LogP contribution is 2.51. The Balaban J connectivity index is 1.37. The van der Waals surface area contributed by atoms with Crippen molar-refractivity contribution in [3.05, 3.63) is 48.2 Å². The Bertz CT molecular complexity index is 726. The molecule has 5 heteroatoms. The number of nitrogens with zero attached hydrogens (tertiary/aromatic N) is 3. The van der Waals surface area contributed by atoms with Gasteiger partial charge in [-0.05, 0) is 62.4 Å². The van der Waals surface area contributed by atoms with Gasteiger partial charge in [0.05, 0.1) is 12.8 Å². The fourth-order valence-corrected chi connectivity index (χ4v) is 4.71. The number of rotatable bonds is 4. The van der Waals surface area contributed by atoms with Gasteiger partial charge >= 0.3 is 0 Å². The van der Waals surface area contributed by atoms with Crippen LogP contribution in [0.2, 0.25) is 0 Å². The number of hydrogen-bond donors (Lipinski definition) is 0. The minimum Gasteiger partial charge on any atom is -0.468 e. The van der Waals surface area contributed by atoms with Crippen molar-refractivity contribution >= 4 is 5.91 Å². The predicted molar refractivity (Wildman–Crippen MR) is 96.2 cm³/mol. The van der Waals surface area contributed by atoms with Crippen molar-refractivity contribution in [3.63, 3.8) is 0 Å². The van der Waals surface area contributed by atoms with Gasteiger partial charge in [0.25, 0.3) is 5.91 Å². The summed E-state index contributed by atoms with van der Waals surface area (Å²) < 4.78 is 7.42. The molecule has 2 aliphatic rings. The topological polar surface area (TPSA) is 41.6 Å². The molecule has 0 N–H and O–H groups in total. The number of carbonyl (C=O) groups excluding carboxylic acids is 1. The molecule has 3 heterocycles. The van der Waals surface area contributed by atoms with Gasteiger partial charge in [-0.15, -0.1) is 0 Å². The largest absolute Gasteiger partial charge is 0.468 e. The van der Waals surface area contributed by atoms with Crippen LogP contribution in [0.25, 0.3) is 0 Å². The highest BCUT2D eigenvalue weighted by atomic mass is 16.3. The minimum atomic E-state index is 0.169. The number of aryl methyl sites for hydroxylation is 1. The molecule has 1 aliphatic carbocycles. The standard InChI is InChI=1S/C20H27N3O2/c1-21-11-3-6-17(21)19(24)23-12-9-20(10-13-23)8-7-18(20)22(2)15-16-5-4-14-25-16/h3-6,11,14,18H,7-10,12-13,15H2,1-2H3/t18-/m0/s1. The summed E-state index contributed by atoms with van der Waals surface area (Å²) in [6.07, 6.45) is 8.43. The monoisotopic (exact) mass is 341 g/mol. The van der Waals surface area contributed by atoms with Crippen LogP contribution in [0.4, 0.5) is 0 Å². The Morgan fingerprint density at radius 1 is 1.28 bits per heavy atom. The second kappa shape index (κ2) is 6.37. The number of likely N-dealkylation sites (tertiary alicyclic amines) is 1. The van der Waals surface area contributed by atoms with Crippen molar-refractivity contribution in [1.29, 1.82) is 0 Å². The van der Waals surface area contributed by atoms with Crippen molar-refractivity contribution in [3.8, 4) is 0 Å². The van der Waals surface area contributed by atoms with Gasteiger partial charge < -0.3 is 13.9 Å². The van der Waals surface area contributed by atoms with E-state index in [1.165, 1.54) is 12.8 Å². The van der Waals surface area contributed by atoms with Crippen LogP contribution in [0.5, 0.6) is 0 Å². The van der Waals surface area contributed by atoms with E-state index in [4.69, 9.17) is 4.42 Å². The molecule has 1 aliphatic heterocycles. The SMILES string of the molecule is CN(Cc1ccco1)[C@H]1CCC12CCN(C(=O)c1cccn1C)CC2. The maximum Gasteiger partial charge on any atom is 0.270 e. The molecule has 0 radical (unpaired) electrons. The average molecular weight is 341 g/mol. The Labute approximate surface area is 149 Å². The van der Waals surface area contributed by atoms with Crippen molar-refractivity contribution in [1.82, 2.24) is 14.4 Å². The van der Waals surface area contributed by atoms with Gasteiger partial charge in [0.2, 0.25) is 0 Å². The predicted octanol–water partition coefficient (Wildman–Crippen LogP) is 3.13. The Hall–Kier alpha value is -2.01. The van der Waals surface area contributed by atoms with Gasteiger partial charge in [0, 0.05) is 32.4 Å². The lowest BCUT2D eigenvalue weighted by molar-refractivity contribution is -0.0591. The third kappa shape index (κ3) is 2.91. The van der Waals surface area contributed by atoms with Crippen LogP contribution in [0, 0.1) is 5.41 Å². The summed E-state index contributed by atoms with van der Waals surface area (Å²) in [6, 6.07) is 8.45. The van der Waals surface area contributed by atoms with E-state index in [9.17, 15) is 4.79 Å². The molecule has 2 aromatic heterocycles. The molecular formula is C20H27N3O2. The Morgan fingerprint density at radius 2 is 2.08 bits per heavy atom. The van der Waals surface area contributed by atoms with Crippen LogP contribution in [-0.2, 0) is 13.6 Å². The van der Waals surface area contributed by atoms with Crippen LogP contribution in [0.15, 0.2) is 41.1 Å². The first-order chi connectivity index (χ1) is 12.1. The molecule has 1 atom stereocenters. The van der Waals surface area contributed by atoms with Gasteiger partial charge in [0.15, 0.2) is 0 Å². The lowest BCUT2D eigenvalue weighted by Crippen LogP contribution is -2.58. The molecule has 134 valence electrons. The number of amides is 1. The summed E-state index contributed by atoms with van der Waals surface area (Å²) in [6.45, 7) is 2.61. The van der Waals surface area contributed by atoms with Crippen molar-refractivity contribution in [2.24, 2.45) is 12.5 Å². The second-order valence-corrected chi connectivity index (χ2v) is 7.71. The van der Waals surface area contributed by atoms with Gasteiger partial charge in [-0.25, -0.2) is 0 Å². The highest BCUT2D eigenvalue weighted by Gasteiger charge is 2.50. The summed E-state index contributed by atoms with van der Waals surface area (Å²) in [7, 11) is 4.14. The zero-order valence-corrected chi connectivity index (χ0v) is 15.1. The van der Waals surface area contributed by atoms with Crippen LogP contribution >= 0.6 is 0 Å². The van der Waals surface area contributed by atoms with Crippen LogP contribution in [0.3, 0.4) is 0 Å². The molecule has 2 aromatic rings. The minimum absolute atomic E-state index is 0.169. The van der Waals surface area contributed by atoms with Crippen LogP contribution in [0.1, 0.15) is 41.9 Å². The smallest absolute Gasteiger partial charge is 0.270 e. The summed E-state index contributed by atoms with van der Waals surface area (Å²) in [5.74, 6) is 1.20. The van der Waals surface area contributed by atoms with Gasteiger partial charge in [-0.2, -0.15) is 0 Å². The molecule has 0 unspecified atom stereocenters. The van der Waals surface area contributed by atoms with Crippen LogP contribution in [-0.4, -0.2) is 46.5 Å². The molecule has 2 fully saturated rings. The maximum atomic E-state index is 12.7. The van der Waals surface area contributed by atoms with Gasteiger partial charge in [0.1, 0.15) is 11.5 Å². The molecule has 1 saturated carbocycles. The van der Waals surface area contributed by atoms with E-state index >= 15 is 0 Å². The molecule has 1 spiro atoms. The Kier molecular flexibility index (Phi) is 4.20. The number of furan rings is 1. The first-order valence-electron chi connectivity index (χ1n) is 9.22. The normalized spacial score (nSPS) is 22.4. The molecule has 0 bridgehead atoms.